The number of hydrogen-bond donors (Lipinski definition) is 2. The first-order valence-corrected chi connectivity index (χ1v) is 7.75. The van der Waals surface area contributed by atoms with Crippen LogP contribution in [0.4, 0.5) is 5.69 Å². The van der Waals surface area contributed by atoms with Crippen LogP contribution in [0, 0.1) is 0 Å². The molecule has 118 valence electrons. The number of aliphatic hydroxyl groups is 1. The number of Topliss-reactive ketones (excluding diaryl/α,β-unsaturated/α-hetero) is 1. The number of ether oxygens (including phenoxy) is 1. The Bertz CT molecular complexity index is 805. The Morgan fingerprint density at radius 1 is 1.30 bits per heavy atom. The Morgan fingerprint density at radius 3 is 2.78 bits per heavy atom. The average molecular weight is 376 g/mol. The van der Waals surface area contributed by atoms with Crippen molar-refractivity contribution in [3.05, 3.63) is 58.1 Å². The maximum absolute atomic E-state index is 12.6. The van der Waals surface area contributed by atoms with Crippen LogP contribution in [0.2, 0.25) is 0 Å². The molecule has 1 atom stereocenters. The summed E-state index contributed by atoms with van der Waals surface area (Å²) in [5, 5.41) is 13.4. The van der Waals surface area contributed by atoms with E-state index in [1.165, 1.54) is 7.11 Å². The molecule has 0 fully saturated rings. The number of halogens is 1. The van der Waals surface area contributed by atoms with Gasteiger partial charge in [0.1, 0.15) is 5.75 Å². The molecule has 0 aliphatic carbocycles. The van der Waals surface area contributed by atoms with Gasteiger partial charge in [0.25, 0.3) is 5.91 Å². The number of nitrogens with one attached hydrogen (secondary N) is 1. The molecule has 2 N–H and O–H groups in total. The van der Waals surface area contributed by atoms with Crippen molar-refractivity contribution in [3.8, 4) is 5.75 Å². The molecule has 0 bridgehead atoms. The van der Waals surface area contributed by atoms with Gasteiger partial charge in [0.2, 0.25) is 0 Å². The fourth-order valence-electron chi connectivity index (χ4n) is 2.71. The van der Waals surface area contributed by atoms with Crippen LogP contribution in [0.5, 0.6) is 5.75 Å². The van der Waals surface area contributed by atoms with E-state index in [1.54, 1.807) is 42.5 Å². The molecule has 1 heterocycles. The van der Waals surface area contributed by atoms with Gasteiger partial charge in [0.15, 0.2) is 11.4 Å². The number of hydrogen-bond acceptors (Lipinski definition) is 4. The Hall–Kier alpha value is -2.18. The molecule has 3 rings (SSSR count). The van der Waals surface area contributed by atoms with Crippen molar-refractivity contribution in [1.29, 1.82) is 0 Å². The standard InChI is InChI=1S/C17H14BrNO4/c1-23-15-5-3-2-4-11(15)14(20)9-17(22)12-7-6-10(18)8-13(12)19-16(17)21/h2-8,22H,9H2,1H3,(H,19,21)/t17-/m0/s1. The second kappa shape index (κ2) is 5.79. The molecule has 6 heteroatoms. The van der Waals surface area contributed by atoms with Crippen molar-refractivity contribution in [2.24, 2.45) is 0 Å². The predicted molar refractivity (Wildman–Crippen MR) is 88.6 cm³/mol. The van der Waals surface area contributed by atoms with Crippen LogP contribution in [0.25, 0.3) is 0 Å². The molecule has 1 amide bonds. The number of fused-ring (bicyclic) bond motifs is 1. The third kappa shape index (κ3) is 2.64. The monoisotopic (exact) mass is 375 g/mol. The van der Waals surface area contributed by atoms with Gasteiger partial charge in [-0.2, -0.15) is 0 Å². The lowest BCUT2D eigenvalue weighted by molar-refractivity contribution is -0.133. The summed E-state index contributed by atoms with van der Waals surface area (Å²) in [6, 6.07) is 11.8. The van der Waals surface area contributed by atoms with Gasteiger partial charge >= 0.3 is 0 Å². The van der Waals surface area contributed by atoms with Gasteiger partial charge in [-0.05, 0) is 24.3 Å². The normalized spacial score (nSPS) is 19.2. The first-order chi connectivity index (χ1) is 11.0. The maximum Gasteiger partial charge on any atom is 0.261 e. The van der Waals surface area contributed by atoms with Crippen molar-refractivity contribution in [3.63, 3.8) is 0 Å². The van der Waals surface area contributed by atoms with Crippen molar-refractivity contribution in [2.75, 3.05) is 12.4 Å². The Morgan fingerprint density at radius 2 is 2.04 bits per heavy atom. The van der Waals surface area contributed by atoms with Gasteiger partial charge in [-0.1, -0.05) is 34.1 Å². The van der Waals surface area contributed by atoms with Crippen molar-refractivity contribution in [1.82, 2.24) is 0 Å². The number of carbonyl (C=O) groups is 2. The van der Waals surface area contributed by atoms with Crippen LogP contribution in [-0.4, -0.2) is 23.9 Å². The quantitative estimate of drug-likeness (QED) is 0.805. The van der Waals surface area contributed by atoms with Gasteiger partial charge in [0.05, 0.1) is 19.1 Å². The second-order valence-electron chi connectivity index (χ2n) is 5.30. The smallest absolute Gasteiger partial charge is 0.261 e. The Balaban J connectivity index is 1.96. The van der Waals surface area contributed by atoms with E-state index in [9.17, 15) is 14.7 Å². The second-order valence-corrected chi connectivity index (χ2v) is 6.22. The highest BCUT2D eigenvalue weighted by atomic mass is 79.9. The first-order valence-electron chi connectivity index (χ1n) is 6.96. The minimum absolute atomic E-state index is 0.335. The van der Waals surface area contributed by atoms with E-state index < -0.39 is 11.5 Å². The van der Waals surface area contributed by atoms with Gasteiger partial charge in [-0.25, -0.2) is 0 Å². The van der Waals surface area contributed by atoms with Gasteiger partial charge in [-0.15, -0.1) is 0 Å². The summed E-state index contributed by atoms with van der Waals surface area (Å²) in [6.07, 6.45) is -0.353. The molecule has 0 aromatic heterocycles. The summed E-state index contributed by atoms with van der Waals surface area (Å²) in [4.78, 5) is 24.8. The van der Waals surface area contributed by atoms with E-state index in [2.05, 4.69) is 21.2 Å². The third-order valence-electron chi connectivity index (χ3n) is 3.87. The zero-order valence-corrected chi connectivity index (χ0v) is 13.9. The molecule has 0 radical (unpaired) electrons. The number of methoxy groups -OCH3 is 1. The van der Waals surface area contributed by atoms with Crippen LogP contribution >= 0.6 is 15.9 Å². The predicted octanol–water partition coefficient (Wildman–Crippen LogP) is 2.87. The molecule has 0 unspecified atom stereocenters. The number of ketones is 1. The molecule has 1 aliphatic heterocycles. The highest BCUT2D eigenvalue weighted by molar-refractivity contribution is 9.10. The maximum atomic E-state index is 12.6. The number of rotatable bonds is 4. The van der Waals surface area contributed by atoms with Crippen LogP contribution in [0.15, 0.2) is 46.9 Å². The lowest BCUT2D eigenvalue weighted by atomic mass is 9.88. The van der Waals surface area contributed by atoms with Gasteiger partial charge in [0, 0.05) is 15.7 Å². The summed E-state index contributed by atoms with van der Waals surface area (Å²) in [6.45, 7) is 0. The average Bonchev–Trinajstić information content (AvgIpc) is 2.77. The fourth-order valence-corrected chi connectivity index (χ4v) is 3.07. The fraction of sp³-hybridized carbons (Fsp3) is 0.176. The number of anilines is 1. The van der Waals surface area contributed by atoms with E-state index in [1.807, 2.05) is 0 Å². The molecular weight excluding hydrogens is 362 g/mol. The Kier molecular flexibility index (Phi) is 3.95. The van der Waals surface area contributed by atoms with E-state index in [4.69, 9.17) is 4.74 Å². The zero-order chi connectivity index (χ0) is 16.6. The highest BCUT2D eigenvalue weighted by Gasteiger charge is 2.47. The summed E-state index contributed by atoms with van der Waals surface area (Å²) < 4.78 is 5.94. The van der Waals surface area contributed by atoms with Crippen molar-refractivity contribution in [2.45, 2.75) is 12.0 Å². The van der Waals surface area contributed by atoms with E-state index in [0.717, 1.165) is 4.47 Å². The molecule has 5 nitrogen and oxygen atoms in total. The third-order valence-corrected chi connectivity index (χ3v) is 4.37. The van der Waals surface area contributed by atoms with E-state index in [0.29, 0.717) is 22.6 Å². The summed E-state index contributed by atoms with van der Waals surface area (Å²) in [7, 11) is 1.47. The molecular formula is C17H14BrNO4. The van der Waals surface area contributed by atoms with Crippen LogP contribution in [0.1, 0.15) is 22.3 Å². The number of amides is 1. The lowest BCUT2D eigenvalue weighted by Crippen LogP contribution is -2.36. The molecule has 2 aromatic rings. The minimum atomic E-state index is -1.88. The summed E-state index contributed by atoms with van der Waals surface area (Å²) in [5.74, 6) is -0.555. The van der Waals surface area contributed by atoms with Gasteiger partial charge < -0.3 is 15.2 Å². The molecule has 23 heavy (non-hydrogen) atoms. The number of carbonyl (C=O) groups excluding carboxylic acids is 2. The molecule has 2 aromatic carbocycles. The molecule has 0 saturated heterocycles. The Labute approximate surface area is 141 Å². The SMILES string of the molecule is COc1ccccc1C(=O)C[C@@]1(O)C(=O)Nc2cc(Br)ccc21. The molecule has 1 aliphatic rings. The molecule has 0 saturated carbocycles. The summed E-state index contributed by atoms with van der Waals surface area (Å²) in [5.41, 5.74) is -0.649. The minimum Gasteiger partial charge on any atom is -0.496 e. The van der Waals surface area contributed by atoms with E-state index >= 15 is 0 Å². The first kappa shape index (κ1) is 15.7. The van der Waals surface area contributed by atoms with Gasteiger partial charge in [-0.3, -0.25) is 9.59 Å². The van der Waals surface area contributed by atoms with Crippen LogP contribution in [-0.2, 0) is 10.4 Å². The largest absolute Gasteiger partial charge is 0.496 e. The lowest BCUT2D eigenvalue weighted by Gasteiger charge is -2.20. The van der Waals surface area contributed by atoms with Crippen molar-refractivity contribution < 1.29 is 19.4 Å². The topological polar surface area (TPSA) is 75.6 Å². The van der Waals surface area contributed by atoms with E-state index in [-0.39, 0.29) is 12.2 Å². The highest BCUT2D eigenvalue weighted by Crippen LogP contribution is 2.40. The number of benzene rings is 2. The molecule has 0 spiro atoms. The van der Waals surface area contributed by atoms with Crippen molar-refractivity contribution >= 4 is 33.3 Å². The van der Waals surface area contributed by atoms with Crippen LogP contribution in [0.3, 0.4) is 0 Å². The number of para-hydroxylation sites is 1. The summed E-state index contributed by atoms with van der Waals surface area (Å²) >= 11 is 3.31. The van der Waals surface area contributed by atoms with Crippen LogP contribution < -0.4 is 10.1 Å². The zero-order valence-electron chi connectivity index (χ0n) is 12.3.